The van der Waals surface area contributed by atoms with Crippen LogP contribution in [0.2, 0.25) is 0 Å². The van der Waals surface area contributed by atoms with Crippen molar-refractivity contribution in [2.24, 2.45) is 0 Å². The van der Waals surface area contributed by atoms with Crippen LogP contribution in [0, 0.1) is 0 Å². The minimum absolute atomic E-state index is 0.559. The minimum Gasteiger partial charge on any atom is -0.0619 e. The number of hydrogen-bond acceptors (Lipinski definition) is 0. The normalized spacial score (nSPS) is 11.3. The topological polar surface area (TPSA) is 0 Å². The summed E-state index contributed by atoms with van der Waals surface area (Å²) in [5.74, 6) is 7.01. The molecule has 0 aliphatic rings. The van der Waals surface area contributed by atoms with Gasteiger partial charge in [0.2, 0.25) is 0 Å². The van der Waals surface area contributed by atoms with Gasteiger partial charge in [-0.2, -0.15) is 0 Å². The highest BCUT2D eigenvalue weighted by atomic mass is 14.2. The predicted molar refractivity (Wildman–Crippen MR) is 472 cm³/mol. The summed E-state index contributed by atoms with van der Waals surface area (Å²) in [6.45, 7) is 53.9. The van der Waals surface area contributed by atoms with Gasteiger partial charge in [-0.15, -0.1) is 0 Å². The van der Waals surface area contributed by atoms with Crippen LogP contribution in [-0.4, -0.2) is 0 Å². The van der Waals surface area contributed by atoms with Crippen molar-refractivity contribution in [3.8, 4) is 55.6 Å². The molecule has 0 atom stereocenters. The summed E-state index contributed by atoms with van der Waals surface area (Å²) in [6.07, 6.45) is 0. The Morgan fingerprint density at radius 1 is 0.132 bits per heavy atom. The van der Waals surface area contributed by atoms with Crippen LogP contribution in [0.15, 0.2) is 279 Å². The molecule has 0 fully saturated rings. The van der Waals surface area contributed by atoms with Gasteiger partial charge in [0, 0.05) is 0 Å². The highest BCUT2D eigenvalue weighted by Gasteiger charge is 2.15. The van der Waals surface area contributed by atoms with E-state index in [0.29, 0.717) is 71.0 Å². The fourth-order valence-corrected chi connectivity index (χ4v) is 13.5. The third-order valence-electron chi connectivity index (χ3n) is 20.5. The van der Waals surface area contributed by atoms with E-state index in [1.165, 1.54) is 133 Å². The average molecular weight is 1400 g/mol. The van der Waals surface area contributed by atoms with E-state index < -0.39 is 0 Å². The molecule has 0 amide bonds. The average Bonchev–Trinajstić information content (AvgIpc) is 0.834. The van der Waals surface area contributed by atoms with Crippen LogP contribution in [0.4, 0.5) is 0 Å². The molecular weight excluding hydrogens is 1270 g/mol. The standard InChI is InChI=1S/5C18H22.C16H20/c1-13(2)15-5-9-17(10-6-15)18-11-7-16(8-12-18)14(3)4;1-13(2)15-7-5-9-17(11-15)18-10-6-8-16(12-18)14(3)4;1-13(2)15-8-7-9-16(12-15)18-11-6-5-10-17(18)14(3)4;2*1-13(2)15-9-11-16(12-10-15)18-8-6-5-7-17(18)14(3)4;1-11(2)15-9-13-7-5-6-8-14(13)10-16(15)12(3)4/h5*5-14H,1-4H3;5-12H,1-4H3. The van der Waals surface area contributed by atoms with E-state index in [4.69, 9.17) is 0 Å². The van der Waals surface area contributed by atoms with Gasteiger partial charge < -0.3 is 0 Å². The molecular formula is C106H130. The molecule has 0 bridgehead atoms. The molecule has 0 heteroatoms. The second kappa shape index (κ2) is 41.1. The molecule has 0 saturated heterocycles. The molecule has 0 spiro atoms. The molecule has 12 aromatic carbocycles. The minimum atomic E-state index is 0.559. The van der Waals surface area contributed by atoms with Crippen molar-refractivity contribution in [3.05, 3.63) is 346 Å². The molecule has 0 N–H and O–H groups in total. The van der Waals surface area contributed by atoms with E-state index in [1.54, 1.807) is 0 Å². The SMILES string of the molecule is CC(C)c1cc2ccccc2cc1C(C)C.CC(C)c1ccc(-c2ccc(C(C)C)cc2)cc1.CC(C)c1ccc(-c2ccccc2C(C)C)cc1.CC(C)c1ccc(-c2ccccc2C(C)C)cc1.CC(C)c1cccc(-c2cccc(C(C)C)c2)c1.CC(C)c1cccc(-c2ccccc2C(C)C)c1. The van der Waals surface area contributed by atoms with Gasteiger partial charge in [-0.3, -0.25) is 0 Å². The Morgan fingerprint density at radius 2 is 0.349 bits per heavy atom. The van der Waals surface area contributed by atoms with Crippen LogP contribution in [-0.2, 0) is 0 Å². The van der Waals surface area contributed by atoms with Crippen molar-refractivity contribution in [1.82, 2.24) is 0 Å². The number of hydrogen-bond donors (Lipinski definition) is 0. The molecule has 0 aliphatic heterocycles. The Morgan fingerprint density at radius 3 is 0.604 bits per heavy atom. The zero-order valence-corrected chi connectivity index (χ0v) is 69.5. The number of rotatable bonds is 17. The maximum absolute atomic E-state index is 2.36. The quantitative estimate of drug-likeness (QED) is 0.0852. The lowest BCUT2D eigenvalue weighted by Crippen LogP contribution is -1.98. The van der Waals surface area contributed by atoms with Crippen molar-refractivity contribution in [3.63, 3.8) is 0 Å². The van der Waals surface area contributed by atoms with Crippen LogP contribution >= 0.6 is 0 Å². The lowest BCUT2D eigenvalue weighted by Gasteiger charge is -2.17. The Balaban J connectivity index is 0.000000178. The molecule has 0 saturated carbocycles. The first-order valence-corrected chi connectivity index (χ1v) is 40.0. The van der Waals surface area contributed by atoms with Gasteiger partial charge in [0.1, 0.15) is 0 Å². The third-order valence-corrected chi connectivity index (χ3v) is 20.5. The van der Waals surface area contributed by atoms with E-state index in [1.807, 2.05) is 0 Å². The summed E-state index contributed by atoms with van der Waals surface area (Å²) >= 11 is 0. The van der Waals surface area contributed by atoms with E-state index in [2.05, 4.69) is 445 Å². The summed E-state index contributed by atoms with van der Waals surface area (Å²) in [4.78, 5) is 0. The first-order valence-electron chi connectivity index (χ1n) is 40.0. The second-order valence-electron chi connectivity index (χ2n) is 32.8. The molecule has 12 rings (SSSR count). The molecule has 0 aliphatic carbocycles. The molecule has 0 radical (unpaired) electrons. The van der Waals surface area contributed by atoms with E-state index in [-0.39, 0.29) is 0 Å². The molecule has 0 unspecified atom stereocenters. The van der Waals surface area contributed by atoms with Crippen LogP contribution < -0.4 is 0 Å². The van der Waals surface area contributed by atoms with Gasteiger partial charge >= 0.3 is 0 Å². The third kappa shape index (κ3) is 24.5. The molecule has 554 valence electrons. The van der Waals surface area contributed by atoms with E-state index in [0.717, 1.165) is 0 Å². The molecule has 0 heterocycles. The van der Waals surface area contributed by atoms with Crippen molar-refractivity contribution in [2.45, 2.75) is 237 Å². The lowest BCUT2D eigenvalue weighted by atomic mass is 9.88. The van der Waals surface area contributed by atoms with Crippen LogP contribution in [0.3, 0.4) is 0 Å². The zero-order chi connectivity index (χ0) is 77.3. The highest BCUT2D eigenvalue weighted by molar-refractivity contribution is 5.84. The lowest BCUT2D eigenvalue weighted by molar-refractivity contribution is 0.793. The maximum Gasteiger partial charge on any atom is -0.0149 e. The van der Waals surface area contributed by atoms with Gasteiger partial charge in [0.05, 0.1) is 0 Å². The molecule has 106 heavy (non-hydrogen) atoms. The largest absolute Gasteiger partial charge is 0.0619 e. The summed E-state index contributed by atoms with van der Waals surface area (Å²) in [5.41, 5.74) is 30.4. The second-order valence-corrected chi connectivity index (χ2v) is 32.8. The Labute approximate surface area is 645 Å². The monoisotopic (exact) mass is 1400 g/mol. The van der Waals surface area contributed by atoms with Crippen molar-refractivity contribution in [1.29, 1.82) is 0 Å². The van der Waals surface area contributed by atoms with Crippen LogP contribution in [0.25, 0.3) is 66.4 Å². The van der Waals surface area contributed by atoms with Crippen molar-refractivity contribution < 1.29 is 0 Å². The van der Waals surface area contributed by atoms with E-state index in [9.17, 15) is 0 Å². The molecule has 0 nitrogen and oxygen atoms in total. The van der Waals surface area contributed by atoms with Gasteiger partial charge in [-0.25, -0.2) is 0 Å². The maximum atomic E-state index is 2.36. The Hall–Kier alpha value is -9.10. The summed E-state index contributed by atoms with van der Waals surface area (Å²) in [6, 6.07) is 102. The Kier molecular flexibility index (Phi) is 32.7. The van der Waals surface area contributed by atoms with Crippen molar-refractivity contribution in [2.75, 3.05) is 0 Å². The Bertz CT molecular complexity index is 4310. The van der Waals surface area contributed by atoms with Gasteiger partial charge in [-0.05, 0) is 204 Å². The fraction of sp³-hybridized carbons (Fsp3) is 0.340. The van der Waals surface area contributed by atoms with Gasteiger partial charge in [0.25, 0.3) is 0 Å². The van der Waals surface area contributed by atoms with Crippen molar-refractivity contribution >= 4 is 10.8 Å². The number of benzene rings is 12. The van der Waals surface area contributed by atoms with Gasteiger partial charge in [-0.1, -0.05) is 445 Å². The fourth-order valence-electron chi connectivity index (χ4n) is 13.5. The predicted octanol–water partition coefficient (Wildman–Crippen LogP) is 33.1. The number of fused-ring (bicyclic) bond motifs is 1. The van der Waals surface area contributed by atoms with Crippen LogP contribution in [0.1, 0.15) is 304 Å². The first-order chi connectivity index (χ1) is 50.5. The van der Waals surface area contributed by atoms with Crippen LogP contribution in [0.5, 0.6) is 0 Å². The highest BCUT2D eigenvalue weighted by Crippen LogP contribution is 2.36. The smallest absolute Gasteiger partial charge is 0.0149 e. The summed E-state index contributed by atoms with van der Waals surface area (Å²) in [7, 11) is 0. The summed E-state index contributed by atoms with van der Waals surface area (Å²) < 4.78 is 0. The molecule has 0 aromatic heterocycles. The zero-order valence-electron chi connectivity index (χ0n) is 69.5. The summed E-state index contributed by atoms with van der Waals surface area (Å²) in [5, 5.41) is 2.71. The first kappa shape index (κ1) is 84.2. The molecule has 12 aromatic rings. The van der Waals surface area contributed by atoms with E-state index >= 15 is 0 Å². The van der Waals surface area contributed by atoms with Gasteiger partial charge in [0.15, 0.2) is 0 Å².